The Bertz CT molecular complexity index is 571. The minimum Gasteiger partial charge on any atom is -0.339 e. The van der Waals surface area contributed by atoms with E-state index in [0.29, 0.717) is 23.8 Å². The quantitative estimate of drug-likeness (QED) is 0.926. The van der Waals surface area contributed by atoms with Crippen LogP contribution in [0, 0.1) is 5.92 Å². The van der Waals surface area contributed by atoms with Crippen molar-refractivity contribution in [3.05, 3.63) is 30.4 Å². The van der Waals surface area contributed by atoms with Crippen LogP contribution in [-0.4, -0.2) is 27.2 Å². The first-order valence-electron chi connectivity index (χ1n) is 7.36. The second-order valence-corrected chi connectivity index (χ2v) is 5.93. The number of hydrogen-bond acceptors (Lipinski definition) is 5. The third-order valence-electron chi connectivity index (χ3n) is 4.42. The maximum atomic E-state index is 5.40. The van der Waals surface area contributed by atoms with Crippen LogP contribution >= 0.6 is 0 Å². The molecule has 2 aliphatic rings. The molecule has 0 aliphatic carbocycles. The molecule has 2 atom stereocenters. The Morgan fingerprint density at radius 2 is 2.10 bits per heavy atom. The van der Waals surface area contributed by atoms with Gasteiger partial charge in [0.1, 0.15) is 0 Å². The van der Waals surface area contributed by atoms with Crippen LogP contribution in [0.15, 0.2) is 29.0 Å². The van der Waals surface area contributed by atoms with Gasteiger partial charge in [0.05, 0.1) is 0 Å². The lowest BCUT2D eigenvalue weighted by Gasteiger charge is -2.27. The summed E-state index contributed by atoms with van der Waals surface area (Å²) in [4.78, 5) is 8.59. The molecule has 1 N–H and O–H groups in total. The molecular formula is C15H18N4O. The first kappa shape index (κ1) is 12.0. The lowest BCUT2D eigenvalue weighted by molar-refractivity contribution is 0.270. The van der Waals surface area contributed by atoms with Crippen LogP contribution in [0.25, 0.3) is 11.4 Å². The summed E-state index contributed by atoms with van der Waals surface area (Å²) in [7, 11) is 0. The third-order valence-corrected chi connectivity index (χ3v) is 4.42. The molecule has 20 heavy (non-hydrogen) atoms. The summed E-state index contributed by atoms with van der Waals surface area (Å²) < 4.78 is 5.40. The van der Waals surface area contributed by atoms with E-state index in [9.17, 15) is 0 Å². The first-order chi connectivity index (χ1) is 9.87. The van der Waals surface area contributed by atoms with Crippen LogP contribution in [0.3, 0.4) is 0 Å². The summed E-state index contributed by atoms with van der Waals surface area (Å²) in [5.41, 5.74) is 0.910. The molecule has 0 aromatic carbocycles. The lowest BCUT2D eigenvalue weighted by Crippen LogP contribution is -2.38. The highest BCUT2D eigenvalue weighted by molar-refractivity contribution is 5.51. The van der Waals surface area contributed by atoms with Crippen LogP contribution in [0.4, 0.5) is 0 Å². The molecule has 2 bridgehead atoms. The molecule has 0 spiro atoms. The van der Waals surface area contributed by atoms with Gasteiger partial charge in [-0.05, 0) is 43.7 Å². The number of nitrogens with zero attached hydrogens (tertiary/aromatic N) is 3. The average molecular weight is 270 g/mol. The van der Waals surface area contributed by atoms with Gasteiger partial charge in [0.2, 0.25) is 11.7 Å². The largest absolute Gasteiger partial charge is 0.339 e. The van der Waals surface area contributed by atoms with Crippen molar-refractivity contribution in [2.24, 2.45) is 5.92 Å². The van der Waals surface area contributed by atoms with Crippen LogP contribution < -0.4 is 5.32 Å². The van der Waals surface area contributed by atoms with Crippen molar-refractivity contribution in [1.82, 2.24) is 20.4 Å². The standard InChI is InChI=1S/C15H18N4O/c1-2-11(9-16-5-1)15-18-14(20-19-15)8-10-6-12-3-4-13(7-10)17-12/h1-2,5,9-10,12-13,17H,3-4,6-8H2. The predicted octanol–water partition coefficient (Wildman–Crippen LogP) is 2.20. The van der Waals surface area contributed by atoms with Gasteiger partial charge in [0.25, 0.3) is 0 Å². The van der Waals surface area contributed by atoms with E-state index in [0.717, 1.165) is 17.9 Å². The molecular weight excluding hydrogens is 252 g/mol. The van der Waals surface area contributed by atoms with Crippen molar-refractivity contribution >= 4 is 0 Å². The van der Waals surface area contributed by atoms with E-state index in [1.54, 1.807) is 12.4 Å². The zero-order chi connectivity index (χ0) is 13.4. The van der Waals surface area contributed by atoms with Crippen LogP contribution in [0.2, 0.25) is 0 Å². The fraction of sp³-hybridized carbons (Fsp3) is 0.533. The summed E-state index contributed by atoms with van der Waals surface area (Å²) in [6.45, 7) is 0. The predicted molar refractivity (Wildman–Crippen MR) is 73.9 cm³/mol. The van der Waals surface area contributed by atoms with Gasteiger partial charge in [-0.3, -0.25) is 4.98 Å². The van der Waals surface area contributed by atoms with E-state index in [1.165, 1.54) is 25.7 Å². The SMILES string of the molecule is c1cncc(-c2noc(CC3CC4CCC(C3)N4)n2)c1. The maximum Gasteiger partial charge on any atom is 0.227 e. The van der Waals surface area contributed by atoms with Gasteiger partial charge in [-0.15, -0.1) is 0 Å². The van der Waals surface area contributed by atoms with Crippen LogP contribution in [0.5, 0.6) is 0 Å². The highest BCUT2D eigenvalue weighted by Gasteiger charge is 2.34. The fourth-order valence-electron chi connectivity index (χ4n) is 3.54. The number of hydrogen-bond donors (Lipinski definition) is 1. The highest BCUT2D eigenvalue weighted by atomic mass is 16.5. The molecule has 0 amide bonds. The molecule has 0 radical (unpaired) electrons. The van der Waals surface area contributed by atoms with Crippen molar-refractivity contribution in [2.75, 3.05) is 0 Å². The van der Waals surface area contributed by atoms with Gasteiger partial charge in [-0.25, -0.2) is 0 Å². The Morgan fingerprint density at radius 3 is 2.85 bits per heavy atom. The molecule has 4 rings (SSSR count). The summed E-state index contributed by atoms with van der Waals surface area (Å²) in [6.07, 6.45) is 9.54. The van der Waals surface area contributed by atoms with E-state index < -0.39 is 0 Å². The zero-order valence-corrected chi connectivity index (χ0v) is 11.3. The Morgan fingerprint density at radius 1 is 1.25 bits per heavy atom. The van der Waals surface area contributed by atoms with Gasteiger partial charge in [0.15, 0.2) is 0 Å². The molecule has 2 unspecified atom stereocenters. The third kappa shape index (κ3) is 2.33. The monoisotopic (exact) mass is 270 g/mol. The summed E-state index contributed by atoms with van der Waals surface area (Å²) in [5.74, 6) is 2.08. The summed E-state index contributed by atoms with van der Waals surface area (Å²) in [6, 6.07) is 5.25. The molecule has 4 heterocycles. The number of fused-ring (bicyclic) bond motifs is 2. The van der Waals surface area contributed by atoms with Crippen molar-refractivity contribution in [3.63, 3.8) is 0 Å². The number of pyridine rings is 1. The number of aromatic nitrogens is 3. The van der Waals surface area contributed by atoms with E-state index in [2.05, 4.69) is 20.4 Å². The Balaban J connectivity index is 1.46. The topological polar surface area (TPSA) is 63.8 Å². The van der Waals surface area contributed by atoms with Gasteiger partial charge < -0.3 is 9.84 Å². The molecule has 2 aliphatic heterocycles. The van der Waals surface area contributed by atoms with Crippen LogP contribution in [-0.2, 0) is 6.42 Å². The van der Waals surface area contributed by atoms with Crippen molar-refractivity contribution in [1.29, 1.82) is 0 Å². The van der Waals surface area contributed by atoms with E-state index in [1.807, 2.05) is 12.1 Å². The Hall–Kier alpha value is -1.75. The van der Waals surface area contributed by atoms with E-state index in [4.69, 9.17) is 4.52 Å². The van der Waals surface area contributed by atoms with Crippen LogP contribution in [0.1, 0.15) is 31.6 Å². The van der Waals surface area contributed by atoms with Gasteiger partial charge in [-0.2, -0.15) is 4.98 Å². The lowest BCUT2D eigenvalue weighted by atomic mass is 9.90. The number of rotatable bonds is 3. The second kappa shape index (κ2) is 4.98. The smallest absolute Gasteiger partial charge is 0.227 e. The van der Waals surface area contributed by atoms with Gasteiger partial charge >= 0.3 is 0 Å². The highest BCUT2D eigenvalue weighted by Crippen LogP contribution is 2.32. The molecule has 2 aromatic rings. The Labute approximate surface area is 117 Å². The minimum absolute atomic E-state index is 0.644. The molecule has 104 valence electrons. The fourth-order valence-corrected chi connectivity index (χ4v) is 3.54. The number of nitrogens with one attached hydrogen (secondary N) is 1. The maximum absolute atomic E-state index is 5.40. The average Bonchev–Trinajstić information content (AvgIpc) is 3.07. The minimum atomic E-state index is 0.644. The molecule has 5 heteroatoms. The van der Waals surface area contributed by atoms with E-state index >= 15 is 0 Å². The van der Waals surface area contributed by atoms with Gasteiger partial charge in [0, 0.05) is 36.5 Å². The Kier molecular flexibility index (Phi) is 2.99. The molecule has 2 saturated heterocycles. The first-order valence-corrected chi connectivity index (χ1v) is 7.36. The molecule has 0 saturated carbocycles. The number of piperidine rings is 1. The molecule has 5 nitrogen and oxygen atoms in total. The van der Waals surface area contributed by atoms with Crippen molar-refractivity contribution in [3.8, 4) is 11.4 Å². The second-order valence-electron chi connectivity index (χ2n) is 5.93. The van der Waals surface area contributed by atoms with Gasteiger partial charge in [-0.1, -0.05) is 5.16 Å². The van der Waals surface area contributed by atoms with E-state index in [-0.39, 0.29) is 0 Å². The zero-order valence-electron chi connectivity index (χ0n) is 11.3. The molecule has 2 aromatic heterocycles. The summed E-state index contributed by atoms with van der Waals surface area (Å²) >= 11 is 0. The van der Waals surface area contributed by atoms with Crippen molar-refractivity contribution < 1.29 is 4.52 Å². The normalized spacial score (nSPS) is 28.7. The molecule has 2 fully saturated rings. The summed E-state index contributed by atoms with van der Waals surface area (Å²) in [5, 5.41) is 7.73. The van der Waals surface area contributed by atoms with Crippen molar-refractivity contribution in [2.45, 2.75) is 44.2 Å².